The molecule has 0 spiro atoms. The van der Waals surface area contributed by atoms with Gasteiger partial charge in [0, 0.05) is 12.1 Å². The number of rotatable bonds is 5. The number of ether oxygens (including phenoxy) is 2. The van der Waals surface area contributed by atoms with Gasteiger partial charge in [0.2, 0.25) is 0 Å². The van der Waals surface area contributed by atoms with Gasteiger partial charge in [-0.15, -0.1) is 0 Å². The highest BCUT2D eigenvalue weighted by atomic mass is 35.5. The Morgan fingerprint density at radius 3 is 2.79 bits per heavy atom. The smallest absolute Gasteiger partial charge is 0.343 e. The third-order valence-electron chi connectivity index (χ3n) is 3.78. The Balaban J connectivity index is 1.79. The van der Waals surface area contributed by atoms with Gasteiger partial charge in [-0.2, -0.15) is 0 Å². The van der Waals surface area contributed by atoms with Crippen molar-refractivity contribution in [2.75, 3.05) is 20.8 Å². The molecule has 8 heteroatoms. The Kier molecular flexibility index (Phi) is 6.38. The molecule has 28 heavy (non-hydrogen) atoms. The first-order chi connectivity index (χ1) is 13.5. The number of esters is 1. The first-order valence-corrected chi connectivity index (χ1v) is 9.47. The molecule has 1 heterocycles. The van der Waals surface area contributed by atoms with Crippen LogP contribution in [0.25, 0.3) is 6.08 Å². The number of benzene rings is 2. The monoisotopic (exact) mass is 416 g/mol. The number of amidine groups is 1. The zero-order valence-electron chi connectivity index (χ0n) is 15.2. The van der Waals surface area contributed by atoms with Gasteiger partial charge in [0.1, 0.15) is 5.75 Å². The molecule has 2 aromatic carbocycles. The van der Waals surface area contributed by atoms with E-state index in [1.165, 1.54) is 23.8 Å². The van der Waals surface area contributed by atoms with E-state index in [4.69, 9.17) is 16.3 Å². The van der Waals surface area contributed by atoms with Crippen LogP contribution >= 0.6 is 23.4 Å². The van der Waals surface area contributed by atoms with Crippen molar-refractivity contribution in [2.24, 2.45) is 4.99 Å². The minimum atomic E-state index is -0.464. The normalized spacial score (nSPS) is 16.7. The molecular formula is C20H17ClN2O4S. The maximum absolute atomic E-state index is 12.6. The van der Waals surface area contributed by atoms with Crippen LogP contribution in [0.15, 0.2) is 58.4 Å². The van der Waals surface area contributed by atoms with E-state index in [1.807, 2.05) is 12.1 Å². The van der Waals surface area contributed by atoms with E-state index >= 15 is 0 Å². The van der Waals surface area contributed by atoms with Crippen molar-refractivity contribution in [3.05, 3.63) is 64.0 Å². The van der Waals surface area contributed by atoms with Crippen LogP contribution in [0.3, 0.4) is 0 Å². The quantitative estimate of drug-likeness (QED) is 0.541. The zero-order chi connectivity index (χ0) is 20.1. The van der Waals surface area contributed by atoms with Crippen molar-refractivity contribution < 1.29 is 19.1 Å². The first kappa shape index (κ1) is 20.0. The highest BCUT2D eigenvalue weighted by molar-refractivity contribution is 8.18. The Morgan fingerprint density at radius 2 is 2.04 bits per heavy atom. The molecule has 1 saturated heterocycles. The van der Waals surface area contributed by atoms with Crippen LogP contribution in [-0.4, -0.2) is 42.7 Å². The number of nitrogens with zero attached hydrogens (tertiary/aromatic N) is 2. The van der Waals surface area contributed by atoms with Crippen molar-refractivity contribution in [3.8, 4) is 5.75 Å². The van der Waals surface area contributed by atoms with Gasteiger partial charge in [-0.05, 0) is 53.7 Å². The summed E-state index contributed by atoms with van der Waals surface area (Å²) in [5.74, 6) is -0.100. The van der Waals surface area contributed by atoms with E-state index in [0.29, 0.717) is 26.5 Å². The number of methoxy groups -OCH3 is 1. The third-order valence-corrected chi connectivity index (χ3v) is 5.07. The molecule has 0 atom stereocenters. The lowest BCUT2D eigenvalue weighted by molar-refractivity contribution is -0.142. The Labute approximate surface area is 171 Å². The van der Waals surface area contributed by atoms with Crippen LogP contribution in [-0.2, 0) is 14.3 Å². The number of carbonyl (C=O) groups excluding carboxylic acids is 2. The van der Waals surface area contributed by atoms with E-state index in [2.05, 4.69) is 9.73 Å². The van der Waals surface area contributed by atoms with Crippen LogP contribution in [0.2, 0.25) is 5.02 Å². The maximum atomic E-state index is 12.6. The lowest BCUT2D eigenvalue weighted by Gasteiger charge is -2.07. The fourth-order valence-corrected chi connectivity index (χ4v) is 3.53. The fourth-order valence-electron chi connectivity index (χ4n) is 2.35. The highest BCUT2D eigenvalue weighted by Gasteiger charge is 2.30. The molecule has 0 unspecified atom stereocenters. The summed E-state index contributed by atoms with van der Waals surface area (Å²) in [4.78, 5) is 30.3. The van der Waals surface area contributed by atoms with Gasteiger partial charge in [0.15, 0.2) is 11.8 Å². The SMILES string of the molecule is COC(=O)COc1cccc(/C=C2/SC(=Nc3cccc(Cl)c3)N(C)C2=O)c1. The second-order valence-corrected chi connectivity index (χ2v) is 7.23. The summed E-state index contributed by atoms with van der Waals surface area (Å²) < 4.78 is 9.93. The van der Waals surface area contributed by atoms with Crippen LogP contribution in [0.1, 0.15) is 5.56 Å². The van der Waals surface area contributed by atoms with Crippen molar-refractivity contribution in [3.63, 3.8) is 0 Å². The van der Waals surface area contributed by atoms with Crippen LogP contribution in [0, 0.1) is 0 Å². The molecule has 2 aromatic rings. The summed E-state index contributed by atoms with van der Waals surface area (Å²) in [6.45, 7) is -0.177. The van der Waals surface area contributed by atoms with Gasteiger partial charge < -0.3 is 9.47 Å². The molecular weight excluding hydrogens is 400 g/mol. The predicted molar refractivity (Wildman–Crippen MR) is 111 cm³/mol. The van der Waals surface area contributed by atoms with Crippen molar-refractivity contribution in [2.45, 2.75) is 0 Å². The van der Waals surface area contributed by atoms with Crippen molar-refractivity contribution >= 4 is 52.2 Å². The van der Waals surface area contributed by atoms with Crippen LogP contribution < -0.4 is 4.74 Å². The van der Waals surface area contributed by atoms with Gasteiger partial charge in [0.05, 0.1) is 17.7 Å². The summed E-state index contributed by atoms with van der Waals surface area (Å²) in [6, 6.07) is 14.2. The second-order valence-electron chi connectivity index (χ2n) is 5.79. The van der Waals surface area contributed by atoms with E-state index < -0.39 is 5.97 Å². The summed E-state index contributed by atoms with van der Waals surface area (Å²) >= 11 is 7.27. The Hall–Kier alpha value is -2.77. The molecule has 0 N–H and O–H groups in total. The van der Waals surface area contributed by atoms with Crippen LogP contribution in [0.4, 0.5) is 5.69 Å². The number of aliphatic imine (C=N–C) groups is 1. The fraction of sp³-hybridized carbons (Fsp3) is 0.150. The minimum Gasteiger partial charge on any atom is -0.482 e. The summed E-state index contributed by atoms with van der Waals surface area (Å²) in [5, 5.41) is 1.15. The van der Waals surface area contributed by atoms with Crippen molar-refractivity contribution in [1.82, 2.24) is 4.90 Å². The van der Waals surface area contributed by atoms with Gasteiger partial charge in [-0.3, -0.25) is 9.69 Å². The molecule has 144 valence electrons. The Morgan fingerprint density at radius 1 is 1.25 bits per heavy atom. The average Bonchev–Trinajstić information content (AvgIpc) is 2.94. The molecule has 6 nitrogen and oxygen atoms in total. The van der Waals surface area contributed by atoms with Gasteiger partial charge in [-0.25, -0.2) is 9.79 Å². The number of carbonyl (C=O) groups is 2. The molecule has 1 fully saturated rings. The van der Waals surface area contributed by atoms with Gasteiger partial charge in [0.25, 0.3) is 5.91 Å². The molecule has 0 saturated carbocycles. The topological polar surface area (TPSA) is 68.2 Å². The molecule has 0 radical (unpaired) electrons. The number of hydrogen-bond acceptors (Lipinski definition) is 6. The lowest BCUT2D eigenvalue weighted by atomic mass is 10.2. The molecule has 1 aliphatic heterocycles. The average molecular weight is 417 g/mol. The van der Waals surface area contributed by atoms with E-state index in [0.717, 1.165) is 5.56 Å². The van der Waals surface area contributed by atoms with E-state index in [1.54, 1.807) is 49.5 Å². The van der Waals surface area contributed by atoms with Crippen molar-refractivity contribution in [1.29, 1.82) is 0 Å². The number of amides is 1. The van der Waals surface area contributed by atoms with E-state index in [-0.39, 0.29) is 12.5 Å². The Bertz CT molecular complexity index is 974. The molecule has 0 aliphatic carbocycles. The van der Waals surface area contributed by atoms with Gasteiger partial charge >= 0.3 is 5.97 Å². The molecule has 1 amide bonds. The van der Waals surface area contributed by atoms with Crippen LogP contribution in [0.5, 0.6) is 5.75 Å². The molecule has 3 rings (SSSR count). The highest BCUT2D eigenvalue weighted by Crippen LogP contribution is 2.33. The predicted octanol–water partition coefficient (Wildman–Crippen LogP) is 4.13. The summed E-state index contributed by atoms with van der Waals surface area (Å²) in [7, 11) is 2.98. The third kappa shape index (κ3) is 4.94. The molecule has 0 bridgehead atoms. The molecule has 1 aliphatic rings. The minimum absolute atomic E-state index is 0.147. The maximum Gasteiger partial charge on any atom is 0.343 e. The number of hydrogen-bond donors (Lipinski definition) is 0. The summed E-state index contributed by atoms with van der Waals surface area (Å²) in [5.41, 5.74) is 1.45. The van der Waals surface area contributed by atoms with Gasteiger partial charge in [-0.1, -0.05) is 29.8 Å². The second kappa shape index (κ2) is 8.95. The lowest BCUT2D eigenvalue weighted by Crippen LogP contribution is -2.23. The number of thioether (sulfide) groups is 1. The largest absolute Gasteiger partial charge is 0.482 e. The number of halogens is 1. The van der Waals surface area contributed by atoms with E-state index in [9.17, 15) is 9.59 Å². The number of likely N-dealkylation sites (N-methyl/N-ethyl adjacent to an activating group) is 1. The standard InChI is InChI=1S/C20H17ClN2O4S/c1-23-19(25)17(28-20(23)22-15-7-4-6-14(21)11-15)10-13-5-3-8-16(9-13)27-12-18(24)26-2/h3-11H,12H2,1-2H3/b17-10+,22-20?. The zero-order valence-corrected chi connectivity index (χ0v) is 16.8. The first-order valence-electron chi connectivity index (χ1n) is 8.28. The summed E-state index contributed by atoms with van der Waals surface area (Å²) in [6.07, 6.45) is 1.76. The molecule has 0 aromatic heterocycles.